The van der Waals surface area contributed by atoms with E-state index in [1.165, 1.54) is 0 Å². The van der Waals surface area contributed by atoms with Gasteiger partial charge in [0.15, 0.2) is 17.2 Å². The summed E-state index contributed by atoms with van der Waals surface area (Å²) >= 11 is 3.46. The van der Waals surface area contributed by atoms with Crippen molar-refractivity contribution in [3.8, 4) is 17.4 Å². The Morgan fingerprint density at radius 3 is 2.62 bits per heavy atom. The highest BCUT2D eigenvalue weighted by Crippen LogP contribution is 2.40. The standard InChI is InChI=1S/C24H18BrN3O4/c25-16-10-11-18-17(12-16)22(24(30)28(18)13-15-6-2-1-3-7-15)26-27-23(29)21-14-31-19-8-4-5-9-20(19)32-21/h1-12,21,30H,13-14H2/t21-/m0/s1. The molecule has 4 aromatic rings. The van der Waals surface area contributed by atoms with Gasteiger partial charge in [-0.15, -0.1) is 10.2 Å². The molecule has 8 heteroatoms. The largest absolute Gasteiger partial charge is 0.493 e. The van der Waals surface area contributed by atoms with E-state index in [-0.39, 0.29) is 18.2 Å². The van der Waals surface area contributed by atoms with Gasteiger partial charge in [0.2, 0.25) is 12.0 Å². The van der Waals surface area contributed by atoms with Crippen LogP contribution in [0.2, 0.25) is 0 Å². The summed E-state index contributed by atoms with van der Waals surface area (Å²) in [7, 11) is 0. The molecule has 0 fully saturated rings. The number of azo groups is 1. The van der Waals surface area contributed by atoms with E-state index in [4.69, 9.17) is 9.47 Å². The third-order valence-electron chi connectivity index (χ3n) is 5.19. The summed E-state index contributed by atoms with van der Waals surface area (Å²) in [6, 6.07) is 22.5. The number of carbonyl (C=O) groups is 1. The van der Waals surface area contributed by atoms with Crippen LogP contribution in [-0.4, -0.2) is 28.3 Å². The predicted octanol–water partition coefficient (Wildman–Crippen LogP) is 5.61. The Morgan fingerprint density at radius 2 is 1.81 bits per heavy atom. The number of amides is 1. The SMILES string of the molecule is O=C(N=Nc1c(O)n(Cc2ccccc2)c2ccc(Br)cc12)[C@@H]1COc2ccccc2O1. The Bertz CT molecular complexity index is 1330. The summed E-state index contributed by atoms with van der Waals surface area (Å²) in [5.74, 6) is 0.418. The molecule has 1 aliphatic rings. The van der Waals surface area contributed by atoms with Gasteiger partial charge in [-0.1, -0.05) is 58.4 Å². The number of halogens is 1. The lowest BCUT2D eigenvalue weighted by Crippen LogP contribution is -2.35. The molecule has 1 atom stereocenters. The van der Waals surface area contributed by atoms with E-state index in [1.54, 1.807) is 22.8 Å². The van der Waals surface area contributed by atoms with Crippen molar-refractivity contribution < 1.29 is 19.4 Å². The average molecular weight is 492 g/mol. The number of nitrogens with zero attached hydrogens (tertiary/aromatic N) is 3. The normalized spacial score (nSPS) is 15.3. The lowest BCUT2D eigenvalue weighted by atomic mass is 10.2. The number of benzene rings is 3. The summed E-state index contributed by atoms with van der Waals surface area (Å²) in [5, 5.41) is 19.6. The fraction of sp³-hybridized carbons (Fsp3) is 0.125. The van der Waals surface area contributed by atoms with Crippen LogP contribution in [0.3, 0.4) is 0 Å². The van der Waals surface area contributed by atoms with Crippen molar-refractivity contribution in [1.29, 1.82) is 0 Å². The molecule has 1 aromatic heterocycles. The summed E-state index contributed by atoms with van der Waals surface area (Å²) in [4.78, 5) is 12.6. The van der Waals surface area contributed by atoms with Crippen molar-refractivity contribution >= 4 is 38.4 Å². The van der Waals surface area contributed by atoms with Crippen molar-refractivity contribution in [3.63, 3.8) is 0 Å². The first kappa shape index (κ1) is 20.3. The second-order valence-electron chi connectivity index (χ2n) is 7.31. The third kappa shape index (κ3) is 3.85. The van der Waals surface area contributed by atoms with Crippen molar-refractivity contribution in [2.75, 3.05) is 6.61 Å². The van der Waals surface area contributed by atoms with Gasteiger partial charge in [-0.3, -0.25) is 4.79 Å². The third-order valence-corrected chi connectivity index (χ3v) is 5.68. The lowest BCUT2D eigenvalue weighted by molar-refractivity contribution is -0.127. The average Bonchev–Trinajstić information content (AvgIpc) is 3.07. The molecule has 1 amide bonds. The summed E-state index contributed by atoms with van der Waals surface area (Å²) in [6.45, 7) is 0.493. The van der Waals surface area contributed by atoms with Crippen LogP contribution < -0.4 is 9.47 Å². The molecular formula is C24H18BrN3O4. The number of rotatable bonds is 4. The number of hydrogen-bond donors (Lipinski definition) is 1. The number of para-hydroxylation sites is 2. The van der Waals surface area contributed by atoms with Crippen LogP contribution in [0.25, 0.3) is 10.9 Å². The fourth-order valence-electron chi connectivity index (χ4n) is 3.63. The molecule has 0 saturated heterocycles. The van der Waals surface area contributed by atoms with Crippen molar-refractivity contribution in [2.24, 2.45) is 10.2 Å². The molecule has 3 aromatic carbocycles. The van der Waals surface area contributed by atoms with Gasteiger partial charge in [0.1, 0.15) is 6.61 Å². The number of carbonyl (C=O) groups excluding carboxylic acids is 1. The van der Waals surface area contributed by atoms with Gasteiger partial charge in [-0.2, -0.15) is 0 Å². The van der Waals surface area contributed by atoms with E-state index >= 15 is 0 Å². The topological polar surface area (TPSA) is 85.4 Å². The minimum Gasteiger partial charge on any atom is -0.493 e. The summed E-state index contributed by atoms with van der Waals surface area (Å²) in [5.41, 5.74) is 2.03. The molecule has 160 valence electrons. The van der Waals surface area contributed by atoms with E-state index in [2.05, 4.69) is 26.2 Å². The molecule has 5 rings (SSSR count). The number of aromatic nitrogens is 1. The Morgan fingerprint density at radius 1 is 1.06 bits per heavy atom. The first-order valence-electron chi connectivity index (χ1n) is 9.99. The molecule has 0 spiro atoms. The minimum atomic E-state index is -0.903. The smallest absolute Gasteiger partial charge is 0.308 e. The fourth-order valence-corrected chi connectivity index (χ4v) is 3.99. The number of aromatic hydroxyl groups is 1. The van der Waals surface area contributed by atoms with Crippen LogP contribution in [0.15, 0.2) is 87.5 Å². The van der Waals surface area contributed by atoms with Gasteiger partial charge in [0, 0.05) is 9.86 Å². The molecule has 1 aliphatic heterocycles. The summed E-state index contributed by atoms with van der Waals surface area (Å²) < 4.78 is 13.8. The molecule has 0 saturated carbocycles. The Labute approximate surface area is 192 Å². The molecule has 0 aliphatic carbocycles. The molecule has 2 heterocycles. The van der Waals surface area contributed by atoms with Gasteiger partial charge < -0.3 is 19.1 Å². The van der Waals surface area contributed by atoms with Crippen LogP contribution in [0.1, 0.15) is 5.56 Å². The van der Waals surface area contributed by atoms with Crippen LogP contribution in [0.5, 0.6) is 17.4 Å². The minimum absolute atomic E-state index is 0.0438. The van der Waals surface area contributed by atoms with Crippen molar-refractivity contribution in [3.05, 3.63) is 82.8 Å². The van der Waals surface area contributed by atoms with Crippen LogP contribution >= 0.6 is 15.9 Å². The van der Waals surface area contributed by atoms with Gasteiger partial charge in [-0.05, 0) is 35.9 Å². The zero-order valence-electron chi connectivity index (χ0n) is 16.8. The highest BCUT2D eigenvalue weighted by Gasteiger charge is 2.28. The van der Waals surface area contributed by atoms with Gasteiger partial charge in [-0.25, -0.2) is 0 Å². The lowest BCUT2D eigenvalue weighted by Gasteiger charge is -2.23. The molecule has 0 unspecified atom stereocenters. The monoisotopic (exact) mass is 491 g/mol. The zero-order chi connectivity index (χ0) is 22.1. The Hall–Kier alpha value is -3.65. The van der Waals surface area contributed by atoms with E-state index in [9.17, 15) is 9.90 Å². The quantitative estimate of drug-likeness (QED) is 0.376. The summed E-state index contributed by atoms with van der Waals surface area (Å²) in [6.07, 6.45) is -0.903. The molecule has 0 radical (unpaired) electrons. The molecule has 0 bridgehead atoms. The second-order valence-corrected chi connectivity index (χ2v) is 8.22. The van der Waals surface area contributed by atoms with Crippen LogP contribution in [-0.2, 0) is 11.3 Å². The van der Waals surface area contributed by atoms with Gasteiger partial charge in [0.25, 0.3) is 0 Å². The molecule has 7 nitrogen and oxygen atoms in total. The number of hydrogen-bond acceptors (Lipinski definition) is 5. The maximum Gasteiger partial charge on any atom is 0.308 e. The van der Waals surface area contributed by atoms with E-state index in [0.717, 1.165) is 15.6 Å². The molecule has 32 heavy (non-hydrogen) atoms. The molecular weight excluding hydrogens is 474 g/mol. The van der Waals surface area contributed by atoms with Crippen LogP contribution in [0.4, 0.5) is 5.69 Å². The van der Waals surface area contributed by atoms with E-state index < -0.39 is 12.0 Å². The molecule has 1 N–H and O–H groups in total. The highest BCUT2D eigenvalue weighted by molar-refractivity contribution is 9.10. The Kier molecular flexibility index (Phi) is 5.36. The van der Waals surface area contributed by atoms with Crippen molar-refractivity contribution in [2.45, 2.75) is 12.6 Å². The zero-order valence-corrected chi connectivity index (χ0v) is 18.4. The number of fused-ring (bicyclic) bond motifs is 2. The van der Waals surface area contributed by atoms with Gasteiger partial charge >= 0.3 is 5.91 Å². The maximum atomic E-state index is 12.6. The van der Waals surface area contributed by atoms with Gasteiger partial charge in [0.05, 0.1) is 12.1 Å². The maximum absolute atomic E-state index is 12.6. The Balaban J connectivity index is 1.46. The predicted molar refractivity (Wildman–Crippen MR) is 123 cm³/mol. The van der Waals surface area contributed by atoms with Crippen LogP contribution in [0, 0.1) is 0 Å². The second kappa shape index (κ2) is 8.47. The number of ether oxygens (including phenoxy) is 2. The first-order valence-corrected chi connectivity index (χ1v) is 10.8. The first-order chi connectivity index (χ1) is 15.6. The van der Waals surface area contributed by atoms with E-state index in [1.807, 2.05) is 54.6 Å². The van der Waals surface area contributed by atoms with E-state index in [0.29, 0.717) is 23.4 Å². The highest BCUT2D eigenvalue weighted by atomic mass is 79.9. The van der Waals surface area contributed by atoms with Crippen molar-refractivity contribution in [1.82, 2.24) is 4.57 Å².